The molecule has 2 unspecified atom stereocenters. The summed E-state index contributed by atoms with van der Waals surface area (Å²) in [4.78, 5) is 2.57. The predicted molar refractivity (Wildman–Crippen MR) is 77.7 cm³/mol. The lowest BCUT2D eigenvalue weighted by atomic mass is 10.0. The third kappa shape index (κ3) is 4.87. The fourth-order valence-corrected chi connectivity index (χ4v) is 3.29. The molecule has 3 heteroatoms. The summed E-state index contributed by atoms with van der Waals surface area (Å²) in [7, 11) is 0. The first-order valence-electron chi connectivity index (χ1n) is 7.95. The highest BCUT2D eigenvalue weighted by atomic mass is 15.1. The smallest absolute Gasteiger partial charge is 0.0107 e. The zero-order valence-electron chi connectivity index (χ0n) is 12.0. The van der Waals surface area contributed by atoms with Crippen molar-refractivity contribution in [1.29, 1.82) is 0 Å². The highest BCUT2D eigenvalue weighted by Crippen LogP contribution is 2.22. The minimum atomic E-state index is 0.456. The molecule has 1 saturated heterocycles. The number of hydrogen-bond acceptors (Lipinski definition) is 3. The first-order valence-corrected chi connectivity index (χ1v) is 7.95. The van der Waals surface area contributed by atoms with Gasteiger partial charge in [0.25, 0.3) is 0 Å². The molecule has 0 spiro atoms. The molecule has 2 aliphatic rings. The van der Waals surface area contributed by atoms with Crippen molar-refractivity contribution in [2.45, 2.75) is 64.0 Å². The van der Waals surface area contributed by atoms with E-state index >= 15 is 0 Å². The van der Waals surface area contributed by atoms with E-state index in [4.69, 9.17) is 5.73 Å². The Morgan fingerprint density at radius 3 is 2.61 bits per heavy atom. The Morgan fingerprint density at radius 1 is 1.06 bits per heavy atom. The molecule has 2 rings (SSSR count). The standard InChI is InChI=1S/C15H31N3/c1-13-3-2-4-15(6-5-13)17-9-12-18-10-7-14(16)8-11-18/h13-15,17H,2-12,16H2,1H3. The van der Waals surface area contributed by atoms with Crippen LogP contribution in [-0.2, 0) is 0 Å². The van der Waals surface area contributed by atoms with Crippen molar-refractivity contribution in [2.24, 2.45) is 11.7 Å². The number of likely N-dealkylation sites (tertiary alicyclic amines) is 1. The monoisotopic (exact) mass is 253 g/mol. The Hall–Kier alpha value is -0.120. The van der Waals surface area contributed by atoms with Gasteiger partial charge in [-0.3, -0.25) is 0 Å². The normalized spacial score (nSPS) is 32.3. The molecular weight excluding hydrogens is 222 g/mol. The molecule has 1 saturated carbocycles. The average molecular weight is 253 g/mol. The van der Waals surface area contributed by atoms with Crippen LogP contribution in [-0.4, -0.2) is 43.2 Å². The zero-order chi connectivity index (χ0) is 12.8. The number of hydrogen-bond donors (Lipinski definition) is 2. The van der Waals surface area contributed by atoms with Gasteiger partial charge >= 0.3 is 0 Å². The van der Waals surface area contributed by atoms with Crippen LogP contribution in [0.4, 0.5) is 0 Å². The molecule has 0 aromatic heterocycles. The summed E-state index contributed by atoms with van der Waals surface area (Å²) in [5.41, 5.74) is 5.93. The van der Waals surface area contributed by atoms with Crippen LogP contribution < -0.4 is 11.1 Å². The van der Waals surface area contributed by atoms with Gasteiger partial charge in [-0.1, -0.05) is 19.8 Å². The van der Waals surface area contributed by atoms with Gasteiger partial charge in [-0.2, -0.15) is 0 Å². The van der Waals surface area contributed by atoms with Crippen LogP contribution in [0.3, 0.4) is 0 Å². The second-order valence-electron chi connectivity index (χ2n) is 6.44. The molecule has 3 N–H and O–H groups in total. The van der Waals surface area contributed by atoms with Crippen LogP contribution in [0, 0.1) is 5.92 Å². The van der Waals surface area contributed by atoms with Gasteiger partial charge in [0.15, 0.2) is 0 Å². The summed E-state index contributed by atoms with van der Waals surface area (Å²) in [6, 6.07) is 1.24. The summed E-state index contributed by atoms with van der Waals surface area (Å²) >= 11 is 0. The van der Waals surface area contributed by atoms with Crippen molar-refractivity contribution < 1.29 is 0 Å². The average Bonchev–Trinajstić information content (AvgIpc) is 2.57. The van der Waals surface area contributed by atoms with E-state index in [1.165, 1.54) is 64.6 Å². The van der Waals surface area contributed by atoms with E-state index in [0.717, 1.165) is 18.5 Å². The third-order valence-electron chi connectivity index (χ3n) is 4.75. The largest absolute Gasteiger partial charge is 0.328 e. The van der Waals surface area contributed by atoms with Gasteiger partial charge in [-0.15, -0.1) is 0 Å². The quantitative estimate of drug-likeness (QED) is 0.753. The van der Waals surface area contributed by atoms with Gasteiger partial charge in [-0.25, -0.2) is 0 Å². The van der Waals surface area contributed by atoms with E-state index in [-0.39, 0.29) is 0 Å². The van der Waals surface area contributed by atoms with Gasteiger partial charge in [0.1, 0.15) is 0 Å². The fourth-order valence-electron chi connectivity index (χ4n) is 3.29. The Kier molecular flexibility index (Phi) is 5.93. The Bertz CT molecular complexity index is 224. The van der Waals surface area contributed by atoms with Crippen molar-refractivity contribution in [3.8, 4) is 0 Å². The number of nitrogens with two attached hydrogens (primary N) is 1. The molecule has 18 heavy (non-hydrogen) atoms. The van der Waals surface area contributed by atoms with Crippen molar-refractivity contribution in [3.63, 3.8) is 0 Å². The highest BCUT2D eigenvalue weighted by molar-refractivity contribution is 4.77. The lowest BCUT2D eigenvalue weighted by molar-refractivity contribution is 0.210. The molecule has 0 aromatic carbocycles. The Labute approximate surface area is 112 Å². The molecule has 1 heterocycles. The molecule has 0 bridgehead atoms. The first kappa shape index (κ1) is 14.3. The molecule has 0 amide bonds. The molecule has 2 atom stereocenters. The van der Waals surface area contributed by atoms with Gasteiger partial charge in [0.05, 0.1) is 0 Å². The highest BCUT2D eigenvalue weighted by Gasteiger charge is 2.17. The number of nitrogens with one attached hydrogen (secondary N) is 1. The molecule has 0 radical (unpaired) electrons. The first-order chi connectivity index (χ1) is 8.74. The minimum absolute atomic E-state index is 0.456. The maximum Gasteiger partial charge on any atom is 0.0107 e. The third-order valence-corrected chi connectivity index (χ3v) is 4.75. The van der Waals surface area contributed by atoms with E-state index in [9.17, 15) is 0 Å². The van der Waals surface area contributed by atoms with Crippen LogP contribution in [0.5, 0.6) is 0 Å². The van der Waals surface area contributed by atoms with E-state index in [1.807, 2.05) is 0 Å². The summed E-state index contributed by atoms with van der Waals surface area (Å²) in [5, 5.41) is 3.77. The van der Waals surface area contributed by atoms with E-state index in [2.05, 4.69) is 17.1 Å². The Balaban J connectivity index is 1.57. The van der Waals surface area contributed by atoms with Gasteiger partial charge in [0, 0.05) is 25.2 Å². The van der Waals surface area contributed by atoms with Crippen LogP contribution in [0.2, 0.25) is 0 Å². The number of rotatable bonds is 4. The molecule has 1 aliphatic heterocycles. The topological polar surface area (TPSA) is 41.3 Å². The van der Waals surface area contributed by atoms with E-state index in [0.29, 0.717) is 6.04 Å². The molecular formula is C15H31N3. The maximum atomic E-state index is 5.93. The second kappa shape index (κ2) is 7.46. The fraction of sp³-hybridized carbons (Fsp3) is 1.00. The number of nitrogens with zero attached hydrogens (tertiary/aromatic N) is 1. The maximum absolute atomic E-state index is 5.93. The minimum Gasteiger partial charge on any atom is -0.328 e. The SMILES string of the molecule is CC1CCCC(NCCN2CCC(N)CC2)CC1. The van der Waals surface area contributed by atoms with Crippen LogP contribution in [0.25, 0.3) is 0 Å². The molecule has 0 aromatic rings. The lowest BCUT2D eigenvalue weighted by Gasteiger charge is -2.30. The van der Waals surface area contributed by atoms with Crippen molar-refractivity contribution in [3.05, 3.63) is 0 Å². The zero-order valence-corrected chi connectivity index (χ0v) is 12.0. The summed E-state index contributed by atoms with van der Waals surface area (Å²) < 4.78 is 0. The van der Waals surface area contributed by atoms with Crippen molar-refractivity contribution in [2.75, 3.05) is 26.2 Å². The predicted octanol–water partition coefficient (Wildman–Crippen LogP) is 1.97. The Morgan fingerprint density at radius 2 is 1.83 bits per heavy atom. The summed E-state index contributed by atoms with van der Waals surface area (Å²) in [6.07, 6.45) is 9.39. The lowest BCUT2D eigenvalue weighted by Crippen LogP contribution is -2.43. The summed E-state index contributed by atoms with van der Waals surface area (Å²) in [6.45, 7) is 7.17. The van der Waals surface area contributed by atoms with Crippen LogP contribution in [0.1, 0.15) is 51.9 Å². The van der Waals surface area contributed by atoms with Crippen LogP contribution in [0.15, 0.2) is 0 Å². The van der Waals surface area contributed by atoms with Crippen molar-refractivity contribution >= 4 is 0 Å². The van der Waals surface area contributed by atoms with Gasteiger partial charge in [0.2, 0.25) is 0 Å². The van der Waals surface area contributed by atoms with Gasteiger partial charge in [-0.05, 0) is 51.1 Å². The number of piperidine rings is 1. The van der Waals surface area contributed by atoms with E-state index < -0.39 is 0 Å². The molecule has 106 valence electrons. The van der Waals surface area contributed by atoms with Gasteiger partial charge < -0.3 is 16.0 Å². The van der Waals surface area contributed by atoms with Crippen molar-refractivity contribution in [1.82, 2.24) is 10.2 Å². The molecule has 3 nitrogen and oxygen atoms in total. The summed E-state index contributed by atoms with van der Waals surface area (Å²) in [5.74, 6) is 0.945. The van der Waals surface area contributed by atoms with Crippen LogP contribution >= 0.6 is 0 Å². The van der Waals surface area contributed by atoms with E-state index in [1.54, 1.807) is 0 Å². The molecule has 2 fully saturated rings. The molecule has 1 aliphatic carbocycles. The second-order valence-corrected chi connectivity index (χ2v) is 6.44.